The molecule has 0 aromatic heterocycles. The van der Waals surface area contributed by atoms with Gasteiger partial charge in [-0.1, -0.05) is 26.0 Å². The average Bonchev–Trinajstić information content (AvgIpc) is 2.81. The van der Waals surface area contributed by atoms with Crippen LogP contribution < -0.4 is 24.7 Å². The van der Waals surface area contributed by atoms with Crippen molar-refractivity contribution in [2.24, 2.45) is 11.7 Å². The first-order valence-electron chi connectivity index (χ1n) is 10.9. The molecule has 0 bridgehead atoms. The molecule has 2 aromatic rings. The SMILES string of the molecule is COc1ccc(CC(N)CCCC(C#N)(c2ccc(OC)c(OC)c2)C(C)C)cc1OC. The van der Waals surface area contributed by atoms with E-state index in [0.29, 0.717) is 23.0 Å². The summed E-state index contributed by atoms with van der Waals surface area (Å²) < 4.78 is 21.5. The van der Waals surface area contributed by atoms with Gasteiger partial charge in [0.15, 0.2) is 23.0 Å². The van der Waals surface area contributed by atoms with Crippen molar-refractivity contribution in [3.05, 3.63) is 47.5 Å². The maximum atomic E-state index is 10.2. The normalized spacial score (nSPS) is 13.7. The lowest BCUT2D eigenvalue weighted by Crippen LogP contribution is -2.32. The third-order valence-electron chi connectivity index (χ3n) is 6.18. The molecule has 0 radical (unpaired) electrons. The van der Waals surface area contributed by atoms with E-state index >= 15 is 0 Å². The number of methoxy groups -OCH3 is 4. The quantitative estimate of drug-likeness (QED) is 0.506. The molecule has 2 aromatic carbocycles. The highest BCUT2D eigenvalue weighted by molar-refractivity contribution is 5.47. The molecule has 0 saturated carbocycles. The fourth-order valence-corrected chi connectivity index (χ4v) is 4.19. The molecule has 0 heterocycles. The zero-order valence-corrected chi connectivity index (χ0v) is 20.1. The van der Waals surface area contributed by atoms with Gasteiger partial charge in [-0.25, -0.2) is 0 Å². The van der Waals surface area contributed by atoms with E-state index < -0.39 is 5.41 Å². The van der Waals surface area contributed by atoms with Gasteiger partial charge in [0.05, 0.1) is 39.9 Å². The lowest BCUT2D eigenvalue weighted by molar-refractivity contribution is 0.337. The molecule has 2 atom stereocenters. The molecule has 6 heteroatoms. The van der Waals surface area contributed by atoms with Gasteiger partial charge in [-0.15, -0.1) is 0 Å². The second-order valence-electron chi connectivity index (χ2n) is 8.35. The van der Waals surface area contributed by atoms with Crippen LogP contribution in [-0.4, -0.2) is 34.5 Å². The van der Waals surface area contributed by atoms with Crippen molar-refractivity contribution in [2.45, 2.75) is 51.0 Å². The van der Waals surface area contributed by atoms with E-state index in [2.05, 4.69) is 19.9 Å². The molecule has 32 heavy (non-hydrogen) atoms. The van der Waals surface area contributed by atoms with Crippen LogP contribution in [0, 0.1) is 17.2 Å². The maximum Gasteiger partial charge on any atom is 0.161 e. The van der Waals surface area contributed by atoms with Crippen molar-refractivity contribution in [1.82, 2.24) is 0 Å². The first-order chi connectivity index (χ1) is 15.3. The molecule has 0 saturated heterocycles. The van der Waals surface area contributed by atoms with Crippen molar-refractivity contribution in [2.75, 3.05) is 28.4 Å². The summed E-state index contributed by atoms with van der Waals surface area (Å²) in [4.78, 5) is 0. The first-order valence-corrected chi connectivity index (χ1v) is 10.9. The first kappa shape index (κ1) is 25.4. The van der Waals surface area contributed by atoms with Crippen molar-refractivity contribution < 1.29 is 18.9 Å². The molecular formula is C26H36N2O4. The molecule has 0 fully saturated rings. The van der Waals surface area contributed by atoms with Crippen molar-refractivity contribution in [1.29, 1.82) is 5.26 Å². The van der Waals surface area contributed by atoms with Gasteiger partial charge < -0.3 is 24.7 Å². The monoisotopic (exact) mass is 440 g/mol. The van der Waals surface area contributed by atoms with E-state index in [1.165, 1.54) is 0 Å². The number of nitriles is 1. The molecule has 6 nitrogen and oxygen atoms in total. The average molecular weight is 441 g/mol. The van der Waals surface area contributed by atoms with Crippen LogP contribution >= 0.6 is 0 Å². The molecule has 0 aliphatic carbocycles. The van der Waals surface area contributed by atoms with Gasteiger partial charge in [-0.2, -0.15) is 5.26 Å². The molecule has 0 aliphatic rings. The Balaban J connectivity index is 2.11. The van der Waals surface area contributed by atoms with E-state index in [0.717, 1.165) is 36.8 Å². The number of nitrogens with zero attached hydrogens (tertiary/aromatic N) is 1. The minimum atomic E-state index is -0.622. The van der Waals surface area contributed by atoms with Gasteiger partial charge in [-0.05, 0) is 67.0 Å². The van der Waals surface area contributed by atoms with Crippen LogP contribution in [0.4, 0.5) is 0 Å². The molecular weight excluding hydrogens is 404 g/mol. The predicted molar refractivity (Wildman–Crippen MR) is 127 cm³/mol. The van der Waals surface area contributed by atoms with Crippen LogP contribution in [-0.2, 0) is 11.8 Å². The van der Waals surface area contributed by atoms with Crippen molar-refractivity contribution in [3.63, 3.8) is 0 Å². The summed E-state index contributed by atoms with van der Waals surface area (Å²) in [6, 6.07) is 14.2. The Morgan fingerprint density at radius 3 is 1.97 bits per heavy atom. The summed E-state index contributed by atoms with van der Waals surface area (Å²) in [6.45, 7) is 4.17. The highest BCUT2D eigenvalue weighted by atomic mass is 16.5. The fourth-order valence-electron chi connectivity index (χ4n) is 4.19. The number of rotatable bonds is 12. The molecule has 174 valence electrons. The number of ether oxygens (including phenoxy) is 4. The molecule has 0 spiro atoms. The van der Waals surface area contributed by atoms with Crippen molar-refractivity contribution in [3.8, 4) is 29.1 Å². The Morgan fingerprint density at radius 1 is 0.875 bits per heavy atom. The third-order valence-corrected chi connectivity index (χ3v) is 6.18. The van der Waals surface area contributed by atoms with Gasteiger partial charge in [0.1, 0.15) is 0 Å². The zero-order valence-electron chi connectivity index (χ0n) is 20.1. The Morgan fingerprint density at radius 2 is 1.44 bits per heavy atom. The molecule has 0 amide bonds. The second-order valence-corrected chi connectivity index (χ2v) is 8.35. The number of nitrogens with two attached hydrogens (primary N) is 1. The molecule has 2 N–H and O–H groups in total. The maximum absolute atomic E-state index is 10.2. The van der Waals surface area contributed by atoms with Gasteiger partial charge >= 0.3 is 0 Å². The summed E-state index contributed by atoms with van der Waals surface area (Å²) in [6.07, 6.45) is 3.11. The summed E-state index contributed by atoms with van der Waals surface area (Å²) in [5.41, 5.74) is 7.87. The van der Waals surface area contributed by atoms with Crippen LogP contribution in [0.5, 0.6) is 23.0 Å². The van der Waals surface area contributed by atoms with Crippen molar-refractivity contribution >= 4 is 0 Å². The third kappa shape index (κ3) is 5.66. The van der Waals surface area contributed by atoms with Crippen LogP contribution in [0.1, 0.15) is 44.2 Å². The van der Waals surface area contributed by atoms with Crippen LogP contribution in [0.3, 0.4) is 0 Å². The van der Waals surface area contributed by atoms with Crippen LogP contribution in [0.25, 0.3) is 0 Å². The zero-order chi connectivity index (χ0) is 23.7. The van der Waals surface area contributed by atoms with Gasteiger partial charge in [0, 0.05) is 6.04 Å². The van der Waals surface area contributed by atoms with E-state index in [1.807, 2.05) is 36.4 Å². The lowest BCUT2D eigenvalue weighted by atomic mass is 9.69. The summed E-state index contributed by atoms with van der Waals surface area (Å²) >= 11 is 0. The number of hydrogen-bond acceptors (Lipinski definition) is 6. The van der Waals surface area contributed by atoms with E-state index in [1.54, 1.807) is 28.4 Å². The standard InChI is InChI=1S/C26H36N2O4/c1-18(2)26(17-27,20-10-12-23(30-4)25(16-20)32-6)13-7-8-21(28)14-19-9-11-22(29-3)24(15-19)31-5/h9-12,15-16,18,21H,7-8,13-14,28H2,1-6H3. The van der Waals surface area contributed by atoms with Gasteiger partial charge in [-0.3, -0.25) is 0 Å². The van der Waals surface area contributed by atoms with Gasteiger partial charge in [0.2, 0.25) is 0 Å². The largest absolute Gasteiger partial charge is 0.493 e. The molecule has 2 rings (SSSR count). The van der Waals surface area contributed by atoms with E-state index in [-0.39, 0.29) is 12.0 Å². The Kier molecular flexibility index (Phi) is 9.22. The Labute approximate surface area is 192 Å². The lowest BCUT2D eigenvalue weighted by Gasteiger charge is -2.32. The minimum absolute atomic E-state index is 0.0120. The second kappa shape index (κ2) is 11.6. The van der Waals surface area contributed by atoms with Crippen LogP contribution in [0.2, 0.25) is 0 Å². The predicted octanol–water partition coefficient (Wildman–Crippen LogP) is 4.88. The Hall–Kier alpha value is -2.91. The summed E-state index contributed by atoms with van der Waals surface area (Å²) in [5, 5.41) is 10.2. The van der Waals surface area contributed by atoms with E-state index in [4.69, 9.17) is 24.7 Å². The summed E-state index contributed by atoms with van der Waals surface area (Å²) in [7, 11) is 6.47. The molecule has 0 aliphatic heterocycles. The topological polar surface area (TPSA) is 86.7 Å². The smallest absolute Gasteiger partial charge is 0.161 e. The highest BCUT2D eigenvalue weighted by Gasteiger charge is 2.36. The van der Waals surface area contributed by atoms with Crippen LogP contribution in [0.15, 0.2) is 36.4 Å². The molecule has 2 unspecified atom stereocenters. The minimum Gasteiger partial charge on any atom is -0.493 e. The Bertz CT molecular complexity index is 923. The number of benzene rings is 2. The summed E-state index contributed by atoms with van der Waals surface area (Å²) in [5.74, 6) is 2.83. The number of hydrogen-bond donors (Lipinski definition) is 1. The van der Waals surface area contributed by atoms with E-state index in [9.17, 15) is 5.26 Å². The van der Waals surface area contributed by atoms with Gasteiger partial charge in [0.25, 0.3) is 0 Å². The fraction of sp³-hybridized carbons (Fsp3) is 0.500. The highest BCUT2D eigenvalue weighted by Crippen LogP contribution is 2.40.